The van der Waals surface area contributed by atoms with Crippen molar-refractivity contribution in [3.05, 3.63) is 91.0 Å². The van der Waals surface area contributed by atoms with Gasteiger partial charge in [-0.15, -0.1) is 0 Å². The van der Waals surface area contributed by atoms with Gasteiger partial charge in [0.1, 0.15) is 11.5 Å². The van der Waals surface area contributed by atoms with E-state index in [4.69, 9.17) is 0 Å². The SMILES string of the molecule is CCCC(=O)Nc1cccc(-c2ccc3[nH]nc(-c4cc5c(-c6cccc(F)c6)cncc5[nH]4)c3c2)c1. The highest BCUT2D eigenvalue weighted by Crippen LogP contribution is 2.35. The lowest BCUT2D eigenvalue weighted by molar-refractivity contribution is -0.116. The Morgan fingerprint density at radius 3 is 2.59 bits per heavy atom. The average molecular weight is 490 g/mol. The summed E-state index contributed by atoms with van der Waals surface area (Å²) in [6, 6.07) is 22.5. The second kappa shape index (κ2) is 9.35. The number of pyridine rings is 1. The topological polar surface area (TPSA) is 86.5 Å². The zero-order chi connectivity index (χ0) is 25.4. The normalized spacial score (nSPS) is 11.3. The summed E-state index contributed by atoms with van der Waals surface area (Å²) >= 11 is 0. The number of benzene rings is 3. The quantitative estimate of drug-likeness (QED) is 0.229. The molecule has 37 heavy (non-hydrogen) atoms. The maximum Gasteiger partial charge on any atom is 0.224 e. The molecule has 3 heterocycles. The van der Waals surface area contributed by atoms with Crippen molar-refractivity contribution < 1.29 is 9.18 Å². The predicted molar refractivity (Wildman–Crippen MR) is 146 cm³/mol. The summed E-state index contributed by atoms with van der Waals surface area (Å²) in [6.07, 6.45) is 4.82. The van der Waals surface area contributed by atoms with Gasteiger partial charge in [0.05, 0.1) is 22.9 Å². The summed E-state index contributed by atoms with van der Waals surface area (Å²) in [5, 5.41) is 12.6. The molecule has 1 amide bonds. The minimum absolute atomic E-state index is 0.0122. The third-order valence-corrected chi connectivity index (χ3v) is 6.46. The van der Waals surface area contributed by atoms with Gasteiger partial charge in [-0.2, -0.15) is 5.10 Å². The van der Waals surface area contributed by atoms with Crippen molar-refractivity contribution in [3.63, 3.8) is 0 Å². The number of fused-ring (bicyclic) bond motifs is 2. The minimum atomic E-state index is -0.287. The third-order valence-electron chi connectivity index (χ3n) is 6.46. The van der Waals surface area contributed by atoms with Gasteiger partial charge in [0.15, 0.2) is 0 Å². The van der Waals surface area contributed by atoms with E-state index in [1.54, 1.807) is 18.5 Å². The number of aromatic nitrogens is 4. The number of halogens is 1. The van der Waals surface area contributed by atoms with Crippen molar-refractivity contribution in [2.75, 3.05) is 5.32 Å². The van der Waals surface area contributed by atoms with E-state index >= 15 is 0 Å². The Balaban J connectivity index is 1.40. The van der Waals surface area contributed by atoms with E-state index in [9.17, 15) is 9.18 Å². The molecule has 7 heteroatoms. The molecule has 0 aliphatic heterocycles. The van der Waals surface area contributed by atoms with Gasteiger partial charge in [-0.1, -0.05) is 37.3 Å². The molecule has 0 fully saturated rings. The van der Waals surface area contributed by atoms with E-state index in [-0.39, 0.29) is 11.7 Å². The van der Waals surface area contributed by atoms with E-state index in [0.29, 0.717) is 6.42 Å². The molecule has 0 aliphatic rings. The van der Waals surface area contributed by atoms with Crippen LogP contribution in [0.15, 0.2) is 85.2 Å². The van der Waals surface area contributed by atoms with Gasteiger partial charge in [-0.3, -0.25) is 14.9 Å². The van der Waals surface area contributed by atoms with Gasteiger partial charge in [0, 0.05) is 34.6 Å². The van der Waals surface area contributed by atoms with Crippen molar-refractivity contribution in [2.45, 2.75) is 19.8 Å². The molecule has 0 aliphatic carbocycles. The highest BCUT2D eigenvalue weighted by Gasteiger charge is 2.15. The van der Waals surface area contributed by atoms with Crippen LogP contribution in [0.3, 0.4) is 0 Å². The van der Waals surface area contributed by atoms with Crippen LogP contribution >= 0.6 is 0 Å². The van der Waals surface area contributed by atoms with Gasteiger partial charge < -0.3 is 10.3 Å². The lowest BCUT2D eigenvalue weighted by Gasteiger charge is -2.08. The van der Waals surface area contributed by atoms with Crippen molar-refractivity contribution in [1.82, 2.24) is 20.2 Å². The Bertz CT molecular complexity index is 1770. The number of carbonyl (C=O) groups is 1. The van der Waals surface area contributed by atoms with Crippen LogP contribution in [0, 0.1) is 5.82 Å². The molecule has 0 spiro atoms. The number of nitrogens with one attached hydrogen (secondary N) is 3. The first kappa shape index (κ1) is 22.7. The standard InChI is InChI=1S/C30H24FN5O/c1-2-5-29(37)33-22-9-4-6-18(13-22)19-10-11-26-24(14-19)30(36-35-26)27-15-23-25(16-32-17-28(23)34-27)20-7-3-8-21(31)12-20/h3-4,6-17,34H,2,5H2,1H3,(H,33,37)(H,35,36). The van der Waals surface area contributed by atoms with Crippen molar-refractivity contribution in [3.8, 4) is 33.6 Å². The predicted octanol–water partition coefficient (Wildman–Crippen LogP) is 7.32. The Morgan fingerprint density at radius 2 is 1.73 bits per heavy atom. The lowest BCUT2D eigenvalue weighted by Crippen LogP contribution is -2.10. The molecule has 0 saturated carbocycles. The van der Waals surface area contributed by atoms with Crippen LogP contribution in [0.4, 0.5) is 10.1 Å². The fraction of sp³-hybridized carbons (Fsp3) is 0.100. The summed E-state index contributed by atoms with van der Waals surface area (Å²) in [7, 11) is 0. The highest BCUT2D eigenvalue weighted by atomic mass is 19.1. The van der Waals surface area contributed by atoms with Crippen LogP contribution < -0.4 is 5.32 Å². The number of rotatable bonds is 6. The first-order valence-electron chi connectivity index (χ1n) is 12.2. The molecule has 0 radical (unpaired) electrons. The minimum Gasteiger partial charge on any atom is -0.352 e. The van der Waals surface area contributed by atoms with Crippen molar-refractivity contribution in [1.29, 1.82) is 0 Å². The molecule has 0 atom stereocenters. The molecule has 6 rings (SSSR count). The highest BCUT2D eigenvalue weighted by molar-refractivity contribution is 6.01. The molecule has 0 saturated heterocycles. The number of amides is 1. The van der Waals surface area contributed by atoms with Crippen LogP contribution in [-0.2, 0) is 4.79 Å². The summed E-state index contributed by atoms with van der Waals surface area (Å²) < 4.78 is 13.9. The smallest absolute Gasteiger partial charge is 0.224 e. The molecule has 3 N–H and O–H groups in total. The zero-order valence-electron chi connectivity index (χ0n) is 20.2. The first-order valence-corrected chi connectivity index (χ1v) is 12.2. The summed E-state index contributed by atoms with van der Waals surface area (Å²) in [5.74, 6) is -0.275. The fourth-order valence-corrected chi connectivity index (χ4v) is 4.69. The second-order valence-electron chi connectivity index (χ2n) is 9.05. The molecule has 6 nitrogen and oxygen atoms in total. The van der Waals surface area contributed by atoms with E-state index in [0.717, 1.165) is 67.6 Å². The first-order chi connectivity index (χ1) is 18.1. The third kappa shape index (κ3) is 4.36. The molecule has 3 aromatic carbocycles. The Morgan fingerprint density at radius 1 is 0.892 bits per heavy atom. The average Bonchev–Trinajstić information content (AvgIpc) is 3.52. The molecule has 182 valence electrons. The zero-order valence-corrected chi connectivity index (χ0v) is 20.2. The molecular weight excluding hydrogens is 465 g/mol. The van der Waals surface area contributed by atoms with Crippen LogP contribution in [0.2, 0.25) is 0 Å². The van der Waals surface area contributed by atoms with Gasteiger partial charge in [0.2, 0.25) is 5.91 Å². The van der Waals surface area contributed by atoms with E-state index < -0.39 is 0 Å². The summed E-state index contributed by atoms with van der Waals surface area (Å²) in [4.78, 5) is 19.8. The molecule has 0 unspecified atom stereocenters. The number of anilines is 1. The molecule has 3 aromatic heterocycles. The van der Waals surface area contributed by atoms with E-state index in [2.05, 4.69) is 31.5 Å². The van der Waals surface area contributed by atoms with Crippen LogP contribution in [0.1, 0.15) is 19.8 Å². The Labute approximate surface area is 212 Å². The fourth-order valence-electron chi connectivity index (χ4n) is 4.69. The maximum atomic E-state index is 13.9. The van der Waals surface area contributed by atoms with Gasteiger partial charge in [-0.25, -0.2) is 4.39 Å². The van der Waals surface area contributed by atoms with Crippen LogP contribution in [-0.4, -0.2) is 26.1 Å². The number of H-pyrrole nitrogens is 2. The maximum absolute atomic E-state index is 13.9. The second-order valence-corrected chi connectivity index (χ2v) is 9.05. The number of nitrogens with zero attached hydrogens (tertiary/aromatic N) is 2. The Kier molecular flexibility index (Phi) is 5.73. The largest absolute Gasteiger partial charge is 0.352 e. The number of hydrogen-bond acceptors (Lipinski definition) is 3. The van der Waals surface area contributed by atoms with Gasteiger partial charge in [-0.05, 0) is 65.6 Å². The van der Waals surface area contributed by atoms with Crippen LogP contribution in [0.5, 0.6) is 0 Å². The van der Waals surface area contributed by atoms with Crippen LogP contribution in [0.25, 0.3) is 55.4 Å². The monoisotopic (exact) mass is 489 g/mol. The number of aromatic amines is 2. The summed E-state index contributed by atoms with van der Waals surface area (Å²) in [6.45, 7) is 1.99. The van der Waals surface area contributed by atoms with Crippen molar-refractivity contribution in [2.24, 2.45) is 0 Å². The van der Waals surface area contributed by atoms with Crippen molar-refractivity contribution >= 4 is 33.4 Å². The molecule has 0 bridgehead atoms. The summed E-state index contributed by atoms with van der Waals surface area (Å²) in [5.41, 5.74) is 7.78. The Hall–Kier alpha value is -4.78. The molecule has 6 aromatic rings. The lowest BCUT2D eigenvalue weighted by atomic mass is 10.0. The van der Waals surface area contributed by atoms with Gasteiger partial charge in [0.25, 0.3) is 0 Å². The van der Waals surface area contributed by atoms with E-state index in [1.807, 2.05) is 55.5 Å². The number of hydrogen-bond donors (Lipinski definition) is 3. The van der Waals surface area contributed by atoms with E-state index in [1.165, 1.54) is 12.1 Å². The molecular formula is C30H24FN5O. The number of carbonyl (C=O) groups excluding carboxylic acids is 1. The van der Waals surface area contributed by atoms with Gasteiger partial charge >= 0.3 is 0 Å².